The maximum Gasteiger partial charge on any atom is 0.338 e. The first kappa shape index (κ1) is 16.2. The fourth-order valence-corrected chi connectivity index (χ4v) is 3.84. The van der Waals surface area contributed by atoms with Crippen LogP contribution in [0.1, 0.15) is 56.3 Å². The Kier molecular flexibility index (Phi) is 5.16. The van der Waals surface area contributed by atoms with Crippen molar-refractivity contribution in [2.75, 3.05) is 11.9 Å². The second kappa shape index (κ2) is 7.30. The average Bonchev–Trinajstić information content (AvgIpc) is 2.94. The summed E-state index contributed by atoms with van der Waals surface area (Å²) in [6.45, 7) is 4.51. The largest absolute Gasteiger partial charge is 0.462 e. The number of hydrogen-bond acceptors (Lipinski definition) is 5. The number of nitrogens with zero attached hydrogens (tertiary/aromatic N) is 1. The summed E-state index contributed by atoms with van der Waals surface area (Å²) in [7, 11) is 0. The molecule has 124 valence electrons. The molecule has 0 amide bonds. The van der Waals surface area contributed by atoms with Crippen LogP contribution in [-0.4, -0.2) is 23.6 Å². The number of thiazole rings is 1. The first-order valence-electron chi connectivity index (χ1n) is 8.46. The summed E-state index contributed by atoms with van der Waals surface area (Å²) in [6.07, 6.45) is 6.40. The Morgan fingerprint density at radius 1 is 1.35 bits per heavy atom. The summed E-state index contributed by atoms with van der Waals surface area (Å²) in [5.74, 6) is 0.0909. The molecular weight excluding hydrogens is 308 g/mol. The number of rotatable bonds is 5. The SMILES string of the molecule is CC(C)COC(=O)c1ccc2nc(NC3CCCCC3)sc2c1. The molecule has 1 fully saturated rings. The van der Waals surface area contributed by atoms with E-state index in [4.69, 9.17) is 4.74 Å². The molecule has 1 aromatic carbocycles. The first-order valence-corrected chi connectivity index (χ1v) is 9.28. The second-order valence-corrected chi connectivity index (χ2v) is 7.70. The molecule has 1 saturated carbocycles. The van der Waals surface area contributed by atoms with Crippen LogP contribution in [0.4, 0.5) is 5.13 Å². The van der Waals surface area contributed by atoms with Gasteiger partial charge in [-0.25, -0.2) is 9.78 Å². The minimum atomic E-state index is -0.254. The van der Waals surface area contributed by atoms with E-state index < -0.39 is 0 Å². The molecule has 0 aliphatic heterocycles. The van der Waals surface area contributed by atoms with Gasteiger partial charge < -0.3 is 10.1 Å². The van der Waals surface area contributed by atoms with Crippen LogP contribution in [0.2, 0.25) is 0 Å². The van der Waals surface area contributed by atoms with Gasteiger partial charge in [0.25, 0.3) is 0 Å². The Morgan fingerprint density at radius 2 is 2.13 bits per heavy atom. The van der Waals surface area contributed by atoms with E-state index in [0.717, 1.165) is 15.3 Å². The van der Waals surface area contributed by atoms with Crippen LogP contribution in [0.15, 0.2) is 18.2 Å². The van der Waals surface area contributed by atoms with Crippen molar-refractivity contribution in [1.29, 1.82) is 0 Å². The Hall–Kier alpha value is -1.62. The maximum atomic E-state index is 12.1. The Balaban J connectivity index is 1.71. The third-order valence-electron chi connectivity index (χ3n) is 4.10. The highest BCUT2D eigenvalue weighted by Crippen LogP contribution is 2.29. The summed E-state index contributed by atoms with van der Waals surface area (Å²) < 4.78 is 6.33. The molecule has 1 aromatic heterocycles. The van der Waals surface area contributed by atoms with Crippen molar-refractivity contribution in [3.05, 3.63) is 23.8 Å². The normalized spacial score (nSPS) is 16.0. The highest BCUT2D eigenvalue weighted by molar-refractivity contribution is 7.22. The number of carbonyl (C=O) groups excluding carboxylic acids is 1. The molecular formula is C18H24N2O2S. The van der Waals surface area contributed by atoms with Gasteiger partial charge in [-0.15, -0.1) is 0 Å². The van der Waals surface area contributed by atoms with E-state index in [-0.39, 0.29) is 5.97 Å². The lowest BCUT2D eigenvalue weighted by molar-refractivity contribution is 0.0459. The summed E-state index contributed by atoms with van der Waals surface area (Å²) in [5.41, 5.74) is 1.54. The van der Waals surface area contributed by atoms with Crippen LogP contribution in [0.3, 0.4) is 0 Å². The summed E-state index contributed by atoms with van der Waals surface area (Å²) in [6, 6.07) is 6.14. The van der Waals surface area contributed by atoms with E-state index >= 15 is 0 Å². The van der Waals surface area contributed by atoms with Gasteiger partial charge in [0.15, 0.2) is 5.13 Å². The van der Waals surface area contributed by atoms with Crippen molar-refractivity contribution < 1.29 is 9.53 Å². The Morgan fingerprint density at radius 3 is 2.87 bits per heavy atom. The van der Waals surface area contributed by atoms with E-state index in [1.807, 2.05) is 26.0 Å². The van der Waals surface area contributed by atoms with Crippen LogP contribution in [-0.2, 0) is 4.74 Å². The van der Waals surface area contributed by atoms with E-state index in [9.17, 15) is 4.79 Å². The monoisotopic (exact) mass is 332 g/mol. The number of aromatic nitrogens is 1. The van der Waals surface area contributed by atoms with Gasteiger partial charge in [0, 0.05) is 6.04 Å². The molecule has 0 saturated heterocycles. The fourth-order valence-electron chi connectivity index (χ4n) is 2.86. The molecule has 2 aromatic rings. The third kappa shape index (κ3) is 4.22. The van der Waals surface area contributed by atoms with E-state index in [1.165, 1.54) is 32.1 Å². The van der Waals surface area contributed by atoms with Crippen LogP contribution in [0.25, 0.3) is 10.2 Å². The maximum absolute atomic E-state index is 12.1. The number of hydrogen-bond donors (Lipinski definition) is 1. The van der Waals surface area contributed by atoms with Crippen LogP contribution in [0.5, 0.6) is 0 Å². The van der Waals surface area contributed by atoms with Gasteiger partial charge in [-0.2, -0.15) is 0 Å². The van der Waals surface area contributed by atoms with Gasteiger partial charge in [0.2, 0.25) is 0 Å². The number of benzene rings is 1. The van der Waals surface area contributed by atoms with Gasteiger partial charge in [0.1, 0.15) is 0 Å². The van der Waals surface area contributed by atoms with E-state index in [1.54, 1.807) is 17.4 Å². The second-order valence-electron chi connectivity index (χ2n) is 6.67. The lowest BCUT2D eigenvalue weighted by atomic mass is 9.96. The predicted octanol–water partition coefficient (Wildman–Crippen LogP) is 4.85. The molecule has 1 aliphatic carbocycles. The topological polar surface area (TPSA) is 51.2 Å². The number of fused-ring (bicyclic) bond motifs is 1. The molecule has 1 aliphatic rings. The number of nitrogens with one attached hydrogen (secondary N) is 1. The van der Waals surface area contributed by atoms with Crippen molar-refractivity contribution in [3.8, 4) is 0 Å². The zero-order valence-corrected chi connectivity index (χ0v) is 14.6. The predicted molar refractivity (Wildman–Crippen MR) is 95.2 cm³/mol. The fraction of sp³-hybridized carbons (Fsp3) is 0.556. The number of carbonyl (C=O) groups is 1. The number of anilines is 1. The van der Waals surface area contributed by atoms with E-state index in [0.29, 0.717) is 24.1 Å². The lowest BCUT2D eigenvalue weighted by Gasteiger charge is -2.22. The molecule has 0 spiro atoms. The molecule has 0 unspecified atom stereocenters. The molecule has 0 radical (unpaired) electrons. The van der Waals surface area contributed by atoms with Crippen LogP contribution in [0, 0.1) is 5.92 Å². The molecule has 0 atom stereocenters. The van der Waals surface area contributed by atoms with Crippen molar-refractivity contribution in [2.45, 2.75) is 52.0 Å². The lowest BCUT2D eigenvalue weighted by Crippen LogP contribution is -2.21. The summed E-state index contributed by atoms with van der Waals surface area (Å²) >= 11 is 1.62. The molecule has 0 bridgehead atoms. The van der Waals surface area contributed by atoms with Gasteiger partial charge in [-0.1, -0.05) is 44.4 Å². The van der Waals surface area contributed by atoms with Crippen LogP contribution >= 0.6 is 11.3 Å². The average molecular weight is 332 g/mol. The zero-order chi connectivity index (χ0) is 16.2. The van der Waals surface area contributed by atoms with E-state index in [2.05, 4.69) is 10.3 Å². The molecule has 1 N–H and O–H groups in total. The molecule has 3 rings (SSSR count). The van der Waals surface area contributed by atoms with Crippen molar-refractivity contribution in [2.24, 2.45) is 5.92 Å². The highest BCUT2D eigenvalue weighted by Gasteiger charge is 2.16. The standard InChI is InChI=1S/C18H24N2O2S/c1-12(2)11-22-17(21)13-8-9-15-16(10-13)23-18(20-15)19-14-6-4-3-5-7-14/h8-10,12,14H,3-7,11H2,1-2H3,(H,19,20). The van der Waals surface area contributed by atoms with Crippen LogP contribution < -0.4 is 5.32 Å². The Bertz CT molecular complexity index is 675. The minimum absolute atomic E-state index is 0.254. The highest BCUT2D eigenvalue weighted by atomic mass is 32.1. The number of esters is 1. The van der Waals surface area contributed by atoms with Gasteiger partial charge in [-0.3, -0.25) is 0 Å². The molecule has 23 heavy (non-hydrogen) atoms. The van der Waals surface area contributed by atoms with Gasteiger partial charge >= 0.3 is 5.97 Å². The molecule has 5 heteroatoms. The van der Waals surface area contributed by atoms with Crippen molar-refractivity contribution in [1.82, 2.24) is 4.98 Å². The zero-order valence-electron chi connectivity index (χ0n) is 13.8. The Labute approximate surface area is 141 Å². The minimum Gasteiger partial charge on any atom is -0.462 e. The smallest absolute Gasteiger partial charge is 0.338 e. The first-order chi connectivity index (χ1) is 11.1. The van der Waals surface area contributed by atoms with Gasteiger partial charge in [-0.05, 0) is 37.0 Å². The van der Waals surface area contributed by atoms with Crippen molar-refractivity contribution in [3.63, 3.8) is 0 Å². The molecule has 1 heterocycles. The quantitative estimate of drug-likeness (QED) is 0.795. The third-order valence-corrected chi connectivity index (χ3v) is 5.05. The molecule has 4 nitrogen and oxygen atoms in total. The number of ether oxygens (including phenoxy) is 1. The summed E-state index contributed by atoms with van der Waals surface area (Å²) in [5, 5.41) is 4.51. The van der Waals surface area contributed by atoms with Crippen molar-refractivity contribution >= 4 is 32.7 Å². The van der Waals surface area contributed by atoms with Gasteiger partial charge in [0.05, 0.1) is 22.4 Å². The summed E-state index contributed by atoms with van der Waals surface area (Å²) in [4.78, 5) is 16.7.